The summed E-state index contributed by atoms with van der Waals surface area (Å²) in [5.74, 6) is 0.913. The van der Waals surface area contributed by atoms with Crippen LogP contribution in [-0.2, 0) is 18.3 Å². The maximum Gasteiger partial charge on any atom is 0.196 e. The topological polar surface area (TPSA) is 65.7 Å². The number of aromatic nitrogens is 2. The predicted molar refractivity (Wildman–Crippen MR) is 218 cm³/mol. The second-order valence-corrected chi connectivity index (χ2v) is 13.8. The zero-order valence-electron chi connectivity index (χ0n) is 30.9. The highest BCUT2D eigenvalue weighted by Gasteiger charge is 2.22. The van der Waals surface area contributed by atoms with Crippen LogP contribution in [0.1, 0.15) is 37.5 Å². The van der Waals surface area contributed by atoms with Crippen LogP contribution in [0.5, 0.6) is 5.75 Å². The van der Waals surface area contributed by atoms with Gasteiger partial charge in [0.25, 0.3) is 0 Å². The van der Waals surface area contributed by atoms with Gasteiger partial charge in [-0.2, -0.15) is 0 Å². The molecule has 270 valence electrons. The lowest BCUT2D eigenvalue weighted by Gasteiger charge is -2.26. The van der Waals surface area contributed by atoms with Crippen molar-refractivity contribution in [2.24, 2.45) is 7.05 Å². The van der Waals surface area contributed by atoms with Crippen LogP contribution in [0.3, 0.4) is 0 Å². The first-order valence-electron chi connectivity index (χ1n) is 18.5. The second kappa shape index (κ2) is 15.1. The third kappa shape index (κ3) is 6.46. The first-order valence-corrected chi connectivity index (χ1v) is 18.5. The normalized spacial score (nSPS) is 13.3. The fourth-order valence-corrected chi connectivity index (χ4v) is 7.84. The number of hydrogen-bond donors (Lipinski definition) is 0. The number of ketones is 2. The first kappa shape index (κ1) is 35.0. The third-order valence-electron chi connectivity index (χ3n) is 10.8. The summed E-state index contributed by atoms with van der Waals surface area (Å²) >= 11 is 0. The lowest BCUT2D eigenvalue weighted by atomic mass is 9.96. The van der Waals surface area contributed by atoms with Crippen LogP contribution >= 0.6 is 0 Å². The molecule has 0 atom stereocenters. The molecule has 54 heavy (non-hydrogen) atoms. The van der Waals surface area contributed by atoms with E-state index in [9.17, 15) is 9.59 Å². The van der Waals surface area contributed by atoms with Crippen molar-refractivity contribution in [3.8, 4) is 5.75 Å². The molecule has 8 aromatic rings. The van der Waals surface area contributed by atoms with Crippen LogP contribution in [0.2, 0.25) is 0 Å². The Bertz CT molecular complexity index is 2660. The Balaban J connectivity index is 0.000000160. The van der Waals surface area contributed by atoms with E-state index in [0.717, 1.165) is 111 Å². The highest BCUT2D eigenvalue weighted by molar-refractivity contribution is 6.23. The number of methoxy groups -OCH3 is 1. The number of carbonyl (C=O) groups excluding carboxylic acids is 2. The Morgan fingerprint density at radius 2 is 1.22 bits per heavy atom. The van der Waals surface area contributed by atoms with E-state index in [1.54, 1.807) is 7.11 Å². The Hall–Kier alpha value is -6.02. The van der Waals surface area contributed by atoms with Crippen molar-refractivity contribution in [1.82, 2.24) is 14.0 Å². The minimum absolute atomic E-state index is 0.0418. The lowest BCUT2D eigenvalue weighted by Crippen LogP contribution is -2.38. The zero-order chi connectivity index (χ0) is 37.2. The maximum absolute atomic E-state index is 13.7. The first-order chi connectivity index (χ1) is 26.4. The van der Waals surface area contributed by atoms with E-state index < -0.39 is 0 Å². The van der Waals surface area contributed by atoms with Gasteiger partial charge >= 0.3 is 0 Å². The summed E-state index contributed by atoms with van der Waals surface area (Å²) in [5.41, 5.74) is 6.21. The number of rotatable bonds is 8. The van der Waals surface area contributed by atoms with Gasteiger partial charge in [0.2, 0.25) is 0 Å². The van der Waals surface area contributed by atoms with Gasteiger partial charge in [0.05, 0.1) is 25.9 Å². The van der Waals surface area contributed by atoms with Crippen LogP contribution in [0, 0.1) is 6.92 Å². The number of benzene rings is 6. The zero-order valence-corrected chi connectivity index (χ0v) is 30.9. The van der Waals surface area contributed by atoms with Crippen molar-refractivity contribution in [1.29, 1.82) is 0 Å². The Morgan fingerprint density at radius 3 is 1.98 bits per heavy atom. The molecule has 0 saturated carbocycles. The smallest absolute Gasteiger partial charge is 0.196 e. The number of ether oxygens (including phenoxy) is 2. The molecule has 1 aliphatic rings. The molecule has 2 aromatic heterocycles. The quantitative estimate of drug-likeness (QED) is 0.147. The molecular weight excluding hydrogens is 671 g/mol. The van der Waals surface area contributed by atoms with E-state index in [2.05, 4.69) is 26.2 Å². The molecule has 7 heteroatoms. The summed E-state index contributed by atoms with van der Waals surface area (Å²) in [7, 11) is 3.67. The van der Waals surface area contributed by atoms with Crippen molar-refractivity contribution in [2.45, 2.75) is 13.5 Å². The second-order valence-electron chi connectivity index (χ2n) is 13.8. The summed E-state index contributed by atoms with van der Waals surface area (Å²) in [5, 5.41) is 5.98. The highest BCUT2D eigenvalue weighted by Crippen LogP contribution is 2.32. The summed E-state index contributed by atoms with van der Waals surface area (Å²) in [4.78, 5) is 29.4. The SMILES string of the molecule is COc1ccc(C(=O)c2cn(CCN3CCOCC3)c3ccccc23)c2ccccc12.Cc1c(C(=O)c2cccc3ccccc23)c2ccccc2n1C. The standard InChI is InChI=1S/C26H26N2O3.C21H17NO/c1-30-25-11-10-22(19-6-2-3-8-21(19)25)26(29)23-18-28(24-9-5-4-7-20(23)24)13-12-27-14-16-31-17-15-27;1-14-20(18-11-5-6-13-19(18)22(14)2)21(23)17-12-7-9-15-8-3-4-10-16(15)17/h2-11,18H,12-17H2,1H3;3-13H,1-2H3. The Labute approximate surface area is 314 Å². The molecule has 0 spiro atoms. The molecular formula is C47H43N3O4. The molecule has 1 saturated heterocycles. The van der Waals surface area contributed by atoms with Crippen LogP contribution in [0.15, 0.2) is 134 Å². The van der Waals surface area contributed by atoms with Crippen LogP contribution in [0.4, 0.5) is 0 Å². The van der Waals surface area contributed by atoms with Gasteiger partial charge in [-0.25, -0.2) is 0 Å². The highest BCUT2D eigenvalue weighted by atomic mass is 16.5. The number of morpholine rings is 1. The number of aryl methyl sites for hydroxylation is 1. The summed E-state index contributed by atoms with van der Waals surface area (Å²) < 4.78 is 15.3. The van der Waals surface area contributed by atoms with Crippen molar-refractivity contribution in [2.75, 3.05) is 40.0 Å². The van der Waals surface area contributed by atoms with E-state index >= 15 is 0 Å². The number of fused-ring (bicyclic) bond motifs is 4. The van der Waals surface area contributed by atoms with E-state index in [1.165, 1.54) is 0 Å². The average molecular weight is 714 g/mol. The molecule has 3 heterocycles. The van der Waals surface area contributed by atoms with E-state index in [4.69, 9.17) is 9.47 Å². The molecule has 1 aliphatic heterocycles. The monoisotopic (exact) mass is 713 g/mol. The molecule has 0 amide bonds. The lowest BCUT2D eigenvalue weighted by molar-refractivity contribution is 0.0365. The van der Waals surface area contributed by atoms with E-state index in [1.807, 2.05) is 135 Å². The van der Waals surface area contributed by atoms with Gasteiger partial charge in [0.15, 0.2) is 11.6 Å². The fraction of sp³-hybridized carbons (Fsp3) is 0.191. The van der Waals surface area contributed by atoms with Crippen molar-refractivity contribution < 1.29 is 19.1 Å². The van der Waals surface area contributed by atoms with Crippen LogP contribution < -0.4 is 4.74 Å². The fourth-order valence-electron chi connectivity index (χ4n) is 7.84. The third-order valence-corrected chi connectivity index (χ3v) is 10.8. The largest absolute Gasteiger partial charge is 0.496 e. The molecule has 0 unspecified atom stereocenters. The molecule has 0 aliphatic carbocycles. The van der Waals surface area contributed by atoms with Gasteiger partial charge in [-0.1, -0.05) is 103 Å². The van der Waals surface area contributed by atoms with Crippen LogP contribution in [0.25, 0.3) is 43.4 Å². The average Bonchev–Trinajstić information content (AvgIpc) is 3.73. The predicted octanol–water partition coefficient (Wildman–Crippen LogP) is 9.24. The summed E-state index contributed by atoms with van der Waals surface area (Å²) in [6, 6.07) is 41.9. The molecule has 7 nitrogen and oxygen atoms in total. The maximum atomic E-state index is 13.7. The number of hydrogen-bond acceptors (Lipinski definition) is 5. The van der Waals surface area contributed by atoms with Crippen molar-refractivity contribution in [3.63, 3.8) is 0 Å². The van der Waals surface area contributed by atoms with Crippen molar-refractivity contribution in [3.05, 3.63) is 162 Å². The number of para-hydroxylation sites is 2. The summed E-state index contributed by atoms with van der Waals surface area (Å²) in [6.45, 7) is 7.31. The number of nitrogens with zero attached hydrogens (tertiary/aromatic N) is 3. The van der Waals surface area contributed by atoms with Gasteiger partial charge in [0, 0.05) is 89.0 Å². The molecule has 0 radical (unpaired) electrons. The van der Waals surface area contributed by atoms with E-state index in [-0.39, 0.29) is 11.6 Å². The summed E-state index contributed by atoms with van der Waals surface area (Å²) in [6.07, 6.45) is 2.02. The van der Waals surface area contributed by atoms with Gasteiger partial charge in [-0.15, -0.1) is 0 Å². The van der Waals surface area contributed by atoms with Crippen LogP contribution in [-0.4, -0.2) is 65.6 Å². The van der Waals surface area contributed by atoms with E-state index in [0.29, 0.717) is 5.56 Å². The van der Waals surface area contributed by atoms with Gasteiger partial charge < -0.3 is 18.6 Å². The molecule has 0 bridgehead atoms. The molecule has 6 aromatic carbocycles. The molecule has 0 N–H and O–H groups in total. The minimum Gasteiger partial charge on any atom is -0.496 e. The minimum atomic E-state index is 0.0418. The Kier molecular flexibility index (Phi) is 9.83. The van der Waals surface area contributed by atoms with Gasteiger partial charge in [-0.05, 0) is 47.3 Å². The van der Waals surface area contributed by atoms with Gasteiger partial charge in [-0.3, -0.25) is 14.5 Å². The molecule has 1 fully saturated rings. The Morgan fingerprint density at radius 1 is 0.611 bits per heavy atom. The van der Waals surface area contributed by atoms with Gasteiger partial charge in [0.1, 0.15) is 5.75 Å². The van der Waals surface area contributed by atoms with Crippen molar-refractivity contribution >= 4 is 54.9 Å². The number of carbonyl (C=O) groups is 2. The molecule has 9 rings (SSSR count).